The van der Waals surface area contributed by atoms with E-state index in [0.717, 1.165) is 26.0 Å². The predicted octanol–water partition coefficient (Wildman–Crippen LogP) is 5.32. The van der Waals surface area contributed by atoms with Gasteiger partial charge in [-0.05, 0) is 37.2 Å². The summed E-state index contributed by atoms with van der Waals surface area (Å²) in [4.78, 5) is 13.6. The summed E-state index contributed by atoms with van der Waals surface area (Å²) < 4.78 is 5.27. The van der Waals surface area contributed by atoms with Crippen LogP contribution in [0.1, 0.15) is 65.5 Å². The number of benzene rings is 1. The molecule has 0 radical (unpaired) electrons. The number of hydrogen-bond acceptors (Lipinski definition) is 2. The molecule has 0 bridgehead atoms. The number of rotatable bonds is 12. The second-order valence-corrected chi connectivity index (χ2v) is 6.69. The average molecular weight is 336 g/mol. The van der Waals surface area contributed by atoms with Gasteiger partial charge in [-0.1, -0.05) is 64.4 Å². The van der Waals surface area contributed by atoms with Crippen molar-refractivity contribution in [2.75, 3.05) is 20.3 Å². The molecular formula is C21H37NO2. The summed E-state index contributed by atoms with van der Waals surface area (Å²) in [5.74, 6) is 1.07. The molecule has 0 N–H and O–H groups in total. The van der Waals surface area contributed by atoms with E-state index < -0.39 is 0 Å². The molecule has 0 fully saturated rings. The Balaban J connectivity index is 0.00000529. The van der Waals surface area contributed by atoms with Crippen LogP contribution in [-0.4, -0.2) is 31.6 Å². The van der Waals surface area contributed by atoms with Gasteiger partial charge in [0.1, 0.15) is 0 Å². The molecule has 0 aromatic heterocycles. The topological polar surface area (TPSA) is 29.5 Å². The van der Waals surface area contributed by atoms with Crippen molar-refractivity contribution < 1.29 is 9.53 Å². The number of carbonyl (C=O) groups excluding carboxylic acids is 1. The quantitative estimate of drug-likeness (QED) is 0.484. The predicted molar refractivity (Wildman–Crippen MR) is 103 cm³/mol. The monoisotopic (exact) mass is 335 g/mol. The second-order valence-electron chi connectivity index (χ2n) is 6.69. The van der Waals surface area contributed by atoms with Crippen molar-refractivity contribution in [2.45, 2.75) is 59.9 Å². The van der Waals surface area contributed by atoms with E-state index in [9.17, 15) is 4.79 Å². The molecule has 0 spiro atoms. The van der Waals surface area contributed by atoms with Crippen LogP contribution in [-0.2, 0) is 9.53 Å². The minimum Gasteiger partial charge on any atom is -0.384 e. The molecule has 0 aliphatic carbocycles. The smallest absolute Gasteiger partial charge is 0.210 e. The van der Waals surface area contributed by atoms with Gasteiger partial charge in [0.25, 0.3) is 0 Å². The summed E-state index contributed by atoms with van der Waals surface area (Å²) in [5, 5.41) is 0. The van der Waals surface area contributed by atoms with E-state index in [1.165, 1.54) is 24.8 Å². The molecule has 0 saturated carbocycles. The van der Waals surface area contributed by atoms with Gasteiger partial charge >= 0.3 is 0 Å². The summed E-state index contributed by atoms with van der Waals surface area (Å²) in [6.45, 7) is 8.18. The number of hydrogen-bond donors (Lipinski definition) is 0. The van der Waals surface area contributed by atoms with Gasteiger partial charge in [-0.25, -0.2) is 0 Å². The van der Waals surface area contributed by atoms with Gasteiger partial charge in [0, 0.05) is 20.3 Å². The lowest BCUT2D eigenvalue weighted by Gasteiger charge is -2.31. The van der Waals surface area contributed by atoms with Crippen LogP contribution in [0.3, 0.4) is 0 Å². The van der Waals surface area contributed by atoms with E-state index in [-0.39, 0.29) is 13.5 Å². The molecule has 1 rings (SSSR count). The average Bonchev–Trinajstić information content (AvgIpc) is 2.57. The summed E-state index contributed by atoms with van der Waals surface area (Å²) in [6, 6.07) is 10.4. The number of carbonyl (C=O) groups is 1. The molecule has 138 valence electrons. The number of amides is 1. The highest BCUT2D eigenvalue weighted by Gasteiger charge is 2.20. The van der Waals surface area contributed by atoms with E-state index in [1.54, 1.807) is 7.11 Å². The number of nitrogens with zero attached hydrogens (tertiary/aromatic N) is 1. The Morgan fingerprint density at radius 3 is 2.42 bits per heavy atom. The summed E-state index contributed by atoms with van der Waals surface area (Å²) in [6.07, 6.45) is 5.72. The zero-order valence-electron chi connectivity index (χ0n) is 15.2. The molecule has 24 heavy (non-hydrogen) atoms. The fourth-order valence-corrected chi connectivity index (χ4v) is 3.21. The van der Waals surface area contributed by atoms with Gasteiger partial charge < -0.3 is 9.64 Å². The molecule has 3 atom stereocenters. The fourth-order valence-electron chi connectivity index (χ4n) is 3.21. The van der Waals surface area contributed by atoms with E-state index in [0.29, 0.717) is 11.8 Å². The molecule has 0 heterocycles. The van der Waals surface area contributed by atoms with Crippen LogP contribution in [0.5, 0.6) is 0 Å². The van der Waals surface area contributed by atoms with Crippen LogP contribution in [0.15, 0.2) is 30.3 Å². The number of methoxy groups -OCH3 is 1. The third kappa shape index (κ3) is 7.96. The van der Waals surface area contributed by atoms with Gasteiger partial charge in [0.15, 0.2) is 0 Å². The highest BCUT2D eigenvalue weighted by molar-refractivity contribution is 5.48. The van der Waals surface area contributed by atoms with Crippen molar-refractivity contribution in [1.82, 2.24) is 4.90 Å². The maximum atomic E-state index is 11.6. The van der Waals surface area contributed by atoms with Crippen LogP contribution in [0.2, 0.25) is 0 Å². The molecule has 3 nitrogen and oxygen atoms in total. The molecule has 1 amide bonds. The van der Waals surface area contributed by atoms with Crippen LogP contribution in [0, 0.1) is 11.8 Å². The van der Waals surface area contributed by atoms with Gasteiger partial charge in [-0.2, -0.15) is 0 Å². The minimum atomic E-state index is 0. The molecule has 1 unspecified atom stereocenters. The SMILES string of the molecule is C.CCCC[C@H](CC(C)COC)CN(C=O)[C@@H](C)c1ccccc1. The number of ether oxygens (including phenoxy) is 1. The van der Waals surface area contributed by atoms with Crippen molar-refractivity contribution in [3.8, 4) is 0 Å². The lowest BCUT2D eigenvalue weighted by Crippen LogP contribution is -2.32. The molecule has 1 aromatic carbocycles. The van der Waals surface area contributed by atoms with Crippen LogP contribution >= 0.6 is 0 Å². The molecule has 1 aromatic rings. The highest BCUT2D eigenvalue weighted by Crippen LogP contribution is 2.25. The Kier molecular flexibility index (Phi) is 12.3. The Hall–Kier alpha value is -1.35. The second kappa shape index (κ2) is 13.0. The van der Waals surface area contributed by atoms with Crippen molar-refractivity contribution in [3.05, 3.63) is 35.9 Å². The third-order valence-corrected chi connectivity index (χ3v) is 4.54. The zero-order valence-corrected chi connectivity index (χ0v) is 15.2. The van der Waals surface area contributed by atoms with Gasteiger partial charge in [0.2, 0.25) is 6.41 Å². The maximum absolute atomic E-state index is 11.6. The van der Waals surface area contributed by atoms with Gasteiger partial charge in [-0.3, -0.25) is 4.79 Å². The third-order valence-electron chi connectivity index (χ3n) is 4.54. The van der Waals surface area contributed by atoms with Gasteiger partial charge in [-0.15, -0.1) is 0 Å². The van der Waals surface area contributed by atoms with Crippen LogP contribution in [0.25, 0.3) is 0 Å². The normalized spacial score (nSPS) is 14.3. The first-order valence-electron chi connectivity index (χ1n) is 8.87. The zero-order chi connectivity index (χ0) is 17.1. The standard InChI is InChI=1S/C20H33NO2.CH4/c1-5-6-10-19(13-17(2)15-23-4)14-21(16-22)18(3)20-11-8-7-9-12-20;/h7-9,11-12,16-19H,5-6,10,13-15H2,1-4H3;1H4/t17?,18-,19+;/m0./s1. The largest absolute Gasteiger partial charge is 0.384 e. The lowest BCUT2D eigenvalue weighted by molar-refractivity contribution is -0.120. The Morgan fingerprint density at radius 1 is 1.21 bits per heavy atom. The minimum absolute atomic E-state index is 0. The van der Waals surface area contributed by atoms with Crippen molar-refractivity contribution in [3.63, 3.8) is 0 Å². The Bertz CT molecular complexity index is 421. The molecular weight excluding hydrogens is 298 g/mol. The van der Waals surface area contributed by atoms with Crippen molar-refractivity contribution in [1.29, 1.82) is 0 Å². The van der Waals surface area contributed by atoms with Crippen LogP contribution in [0.4, 0.5) is 0 Å². The summed E-state index contributed by atoms with van der Waals surface area (Å²) in [5.41, 5.74) is 1.19. The summed E-state index contributed by atoms with van der Waals surface area (Å²) in [7, 11) is 1.76. The maximum Gasteiger partial charge on any atom is 0.210 e. The van der Waals surface area contributed by atoms with Crippen LogP contribution < -0.4 is 0 Å². The fraction of sp³-hybridized carbons (Fsp3) is 0.667. The van der Waals surface area contributed by atoms with E-state index in [4.69, 9.17) is 4.74 Å². The number of unbranched alkanes of at least 4 members (excludes halogenated alkanes) is 1. The van der Waals surface area contributed by atoms with Crippen molar-refractivity contribution >= 4 is 6.41 Å². The first-order chi connectivity index (χ1) is 11.1. The van der Waals surface area contributed by atoms with Crippen molar-refractivity contribution in [2.24, 2.45) is 11.8 Å². The summed E-state index contributed by atoms with van der Waals surface area (Å²) >= 11 is 0. The molecule has 0 aliphatic heterocycles. The first kappa shape index (κ1) is 22.6. The van der Waals surface area contributed by atoms with E-state index in [1.807, 2.05) is 23.1 Å². The van der Waals surface area contributed by atoms with E-state index in [2.05, 4.69) is 32.9 Å². The lowest BCUT2D eigenvalue weighted by atomic mass is 9.90. The Labute approximate surface area is 149 Å². The van der Waals surface area contributed by atoms with Gasteiger partial charge in [0.05, 0.1) is 6.04 Å². The first-order valence-corrected chi connectivity index (χ1v) is 8.87. The molecule has 3 heteroatoms. The molecule has 0 aliphatic rings. The van der Waals surface area contributed by atoms with E-state index >= 15 is 0 Å². The Morgan fingerprint density at radius 2 is 1.88 bits per heavy atom. The highest BCUT2D eigenvalue weighted by atomic mass is 16.5. The molecule has 0 saturated heterocycles.